The minimum absolute atomic E-state index is 0.211. The van der Waals surface area contributed by atoms with Crippen molar-refractivity contribution < 1.29 is 38.3 Å². The quantitative estimate of drug-likeness (QED) is 0.799. The van der Waals surface area contributed by atoms with E-state index in [1.165, 1.54) is 0 Å². The Morgan fingerprint density at radius 1 is 1.60 bits per heavy atom. The number of hydrogen-bond donors (Lipinski definition) is 0. The Labute approximate surface area is 179 Å². The average Bonchev–Trinajstić information content (AvgIpc) is 3.20. The van der Waals surface area contributed by atoms with Crippen LogP contribution < -0.4 is 0 Å². The van der Waals surface area contributed by atoms with Crippen LogP contribution in [0.15, 0.2) is 18.4 Å². The number of rotatable bonds is 2. The van der Waals surface area contributed by atoms with Gasteiger partial charge in [0, 0.05) is 54.5 Å². The number of imidazole rings is 1. The highest BCUT2D eigenvalue weighted by Gasteiger charge is 2.31. The van der Waals surface area contributed by atoms with E-state index in [9.17, 15) is 4.79 Å². The van der Waals surface area contributed by atoms with Crippen molar-refractivity contribution in [1.82, 2.24) is 14.3 Å². The third-order valence-corrected chi connectivity index (χ3v) is 2.83. The highest BCUT2D eigenvalue weighted by atomic mass is 16.6. The molecule has 1 amide bonds. The predicted octanol–water partition coefficient (Wildman–Crippen LogP) is 4.28. The molecule has 0 spiro atoms. The van der Waals surface area contributed by atoms with Gasteiger partial charge in [0.05, 0.1) is 11.2 Å². The number of carbonyl (C=O) groups is 1. The summed E-state index contributed by atoms with van der Waals surface area (Å²) in [6.07, 6.45) is -21.3. The fourth-order valence-electron chi connectivity index (χ4n) is 1.83. The Morgan fingerprint density at radius 3 is 3.24 bits per heavy atom. The zero-order chi connectivity index (χ0) is 36.4. The molecule has 2 aromatic heterocycles. The van der Waals surface area contributed by atoms with E-state index in [2.05, 4.69) is 4.98 Å². The number of nitrogens with zero attached hydrogens (tertiary/aromatic N) is 3. The second-order valence-corrected chi connectivity index (χ2v) is 5.64. The lowest BCUT2D eigenvalue weighted by atomic mass is 9.98. The van der Waals surface area contributed by atoms with E-state index >= 15 is 0 Å². The van der Waals surface area contributed by atoms with Crippen molar-refractivity contribution in [2.75, 3.05) is 6.50 Å². The lowest BCUT2D eigenvalue weighted by Crippen LogP contribution is -2.47. The van der Waals surface area contributed by atoms with Gasteiger partial charge in [-0.25, -0.2) is 9.78 Å². The van der Waals surface area contributed by atoms with Crippen molar-refractivity contribution in [3.63, 3.8) is 0 Å². The lowest BCUT2D eigenvalue weighted by molar-refractivity contribution is 0.00986. The van der Waals surface area contributed by atoms with Gasteiger partial charge in [-0.2, -0.15) is 0 Å². The van der Waals surface area contributed by atoms with Crippen molar-refractivity contribution >= 4 is 11.7 Å². The smallest absolute Gasteiger partial charge is 0.410 e. The van der Waals surface area contributed by atoms with Crippen LogP contribution in [-0.2, 0) is 11.1 Å². The number of hydrogen-bond acceptors (Lipinski definition) is 3. The normalized spacial score (nSPS) is 43.4. The second kappa shape index (κ2) is 6.70. The molecule has 5 heteroatoms. The van der Waals surface area contributed by atoms with Gasteiger partial charge in [0.1, 0.15) is 11.2 Å². The van der Waals surface area contributed by atoms with Crippen LogP contribution in [0.2, 0.25) is 0 Å². The largest absolute Gasteiger partial charge is 0.444 e. The fourth-order valence-corrected chi connectivity index (χ4v) is 1.83. The van der Waals surface area contributed by atoms with Gasteiger partial charge < -0.3 is 14.0 Å². The van der Waals surface area contributed by atoms with E-state index in [1.807, 2.05) is 0 Å². The number of fused-ring (bicyclic) bond motifs is 1. The van der Waals surface area contributed by atoms with Crippen molar-refractivity contribution in [3.8, 4) is 0 Å². The molecule has 0 N–H and O–H groups in total. The van der Waals surface area contributed by atoms with Gasteiger partial charge in [-0.1, -0.05) is 0 Å². The maximum atomic E-state index is 13.5. The molecule has 0 radical (unpaired) electrons. The molecular formula is C20H29N3O2. The maximum Gasteiger partial charge on any atom is 0.410 e. The summed E-state index contributed by atoms with van der Waals surface area (Å²) in [7, 11) is 0. The zero-order valence-corrected chi connectivity index (χ0v) is 13.4. The molecule has 1 atom stereocenters. The Bertz CT molecular complexity index is 1570. The van der Waals surface area contributed by atoms with Crippen LogP contribution in [0.5, 0.6) is 0 Å². The molecule has 1 aliphatic rings. The summed E-state index contributed by atoms with van der Waals surface area (Å²) < 4.78 is 179. The van der Waals surface area contributed by atoms with Crippen LogP contribution in [0.4, 0.5) is 4.79 Å². The maximum absolute atomic E-state index is 13.5. The summed E-state index contributed by atoms with van der Waals surface area (Å²) in [5.41, 5.74) is -6.89. The number of carbonyl (C=O) groups excluding carboxylic acids is 1. The van der Waals surface area contributed by atoms with E-state index in [0.29, 0.717) is 0 Å². The summed E-state index contributed by atoms with van der Waals surface area (Å²) in [6.45, 7) is -9.40. The average molecular weight is 365 g/mol. The molecule has 0 aliphatic carbocycles. The van der Waals surface area contributed by atoms with Crippen LogP contribution in [0, 0.1) is 13.7 Å². The van der Waals surface area contributed by atoms with Gasteiger partial charge in [0.25, 0.3) is 0 Å². The number of piperidine rings is 1. The number of aromatic nitrogens is 2. The van der Waals surface area contributed by atoms with Gasteiger partial charge in [0.15, 0.2) is 0 Å². The highest BCUT2D eigenvalue weighted by molar-refractivity contribution is 5.68. The third-order valence-electron chi connectivity index (χ3n) is 2.83. The molecule has 1 aliphatic heterocycles. The van der Waals surface area contributed by atoms with E-state index in [-0.39, 0.29) is 4.40 Å². The van der Waals surface area contributed by atoms with Crippen LogP contribution in [-0.4, -0.2) is 38.5 Å². The number of likely N-dealkylation sites (tertiary alicyclic amines) is 1. The van der Waals surface area contributed by atoms with Gasteiger partial charge >= 0.3 is 6.09 Å². The molecule has 5 nitrogen and oxygen atoms in total. The van der Waals surface area contributed by atoms with Gasteiger partial charge in [-0.3, -0.25) is 0 Å². The van der Waals surface area contributed by atoms with E-state index < -0.39 is 116 Å². The summed E-state index contributed by atoms with van der Waals surface area (Å²) in [4.78, 5) is 16.6. The first-order valence-electron chi connectivity index (χ1n) is 17.7. The number of amides is 1. The third kappa shape index (κ3) is 3.97. The number of ether oxygens (including phenoxy) is 1. The highest BCUT2D eigenvalue weighted by Crippen LogP contribution is 2.24. The molecule has 25 heavy (non-hydrogen) atoms. The molecule has 3 rings (SSSR count). The lowest BCUT2D eigenvalue weighted by Gasteiger charge is -2.36. The molecule has 1 fully saturated rings. The molecule has 2 aromatic rings. The first-order valence-corrected chi connectivity index (χ1v) is 7.00. The van der Waals surface area contributed by atoms with E-state index in [0.717, 1.165) is 13.8 Å². The SMILES string of the molecule is [2H]CC(C)(C)OC(=O)N1C([2H])([2H])C([2H])([2H])C([2H])([2H])C([2H])([2H])[C@@]1([2H])C([2H])([2H])c1nc2c(C([2H])([2H])[2H])c(C([2H])([2H])[2H])c([2H])c([2H])n2c1[2H]. The van der Waals surface area contributed by atoms with Crippen molar-refractivity contribution in [2.24, 2.45) is 0 Å². The van der Waals surface area contributed by atoms with Crippen LogP contribution in [0.25, 0.3) is 5.65 Å². The van der Waals surface area contributed by atoms with Gasteiger partial charge in [0.2, 0.25) is 0 Å². The Kier molecular flexibility index (Phi) is 1.40. The first-order chi connectivity index (χ1) is 20.1. The number of pyridine rings is 1. The van der Waals surface area contributed by atoms with Crippen LogP contribution >= 0.6 is 0 Å². The Hall–Kier alpha value is -2.04. The van der Waals surface area contributed by atoms with E-state index in [1.54, 1.807) is 0 Å². The summed E-state index contributed by atoms with van der Waals surface area (Å²) in [5, 5.41) is 0. The minimum Gasteiger partial charge on any atom is -0.444 e. The second-order valence-electron chi connectivity index (χ2n) is 5.64. The predicted molar refractivity (Wildman–Crippen MR) is 98.9 cm³/mol. The molecule has 1 saturated heterocycles. The summed E-state index contributed by atoms with van der Waals surface area (Å²) in [5.74, 6) is 0. The molecule has 136 valence electrons. The molecule has 0 unspecified atom stereocenters. The van der Waals surface area contributed by atoms with Crippen molar-refractivity contribution in [3.05, 3.63) is 35.2 Å². The van der Waals surface area contributed by atoms with E-state index in [4.69, 9.17) is 33.5 Å². The monoisotopic (exact) mass is 364 g/mol. The zero-order valence-electron chi connectivity index (χ0n) is 34.4. The van der Waals surface area contributed by atoms with Crippen LogP contribution in [0.1, 0.15) is 85.5 Å². The summed E-state index contributed by atoms with van der Waals surface area (Å²) >= 11 is 0. The molecule has 3 heterocycles. The van der Waals surface area contributed by atoms with Crippen molar-refractivity contribution in [1.29, 1.82) is 0 Å². The Balaban J connectivity index is 2.60. The summed E-state index contributed by atoms with van der Waals surface area (Å²) in [6, 6.07) is -5.55. The van der Waals surface area contributed by atoms with Crippen LogP contribution in [0.3, 0.4) is 0 Å². The fraction of sp³-hybridized carbons (Fsp3) is 0.600. The minimum atomic E-state index is -4.32. The Morgan fingerprint density at radius 2 is 2.48 bits per heavy atom. The standard InChI is InChI=1S/C20H29N3O2/c1-14-9-11-22-13-16(21-18(22)15(14)2)12-17-8-6-7-10-23(17)19(24)25-20(3,4)5/h9,11,13,17H,6-8,10,12H2,1-5H3/t17-/m0/s1/i1D3,2D3,3D,6D2,7D2,8D2,9D,10D2,11D,12D2,13D,17D. The molecular weight excluding hydrogens is 314 g/mol. The van der Waals surface area contributed by atoms with Gasteiger partial charge in [-0.15, -0.1) is 0 Å². The van der Waals surface area contributed by atoms with Crippen molar-refractivity contribution in [2.45, 2.75) is 71.6 Å². The molecule has 0 aromatic carbocycles. The first kappa shape index (κ1) is 5.24. The van der Waals surface area contributed by atoms with Gasteiger partial charge in [-0.05, 0) is 70.7 Å². The number of aryl methyl sites for hydroxylation is 1. The molecule has 0 saturated carbocycles. The topological polar surface area (TPSA) is 46.8 Å². The molecule has 0 bridgehead atoms.